The van der Waals surface area contributed by atoms with Crippen LogP contribution in [0, 0.1) is 0 Å². The Morgan fingerprint density at radius 1 is 1.31 bits per heavy atom. The molecule has 4 rings (SSSR count). The Labute approximate surface area is 153 Å². The molecule has 2 fully saturated rings. The Balaban J connectivity index is 1.35. The molecule has 4 heterocycles. The number of hydrogen-bond acceptors (Lipinski definition) is 5. The van der Waals surface area contributed by atoms with Crippen LogP contribution in [-0.4, -0.2) is 52.1 Å². The van der Waals surface area contributed by atoms with Crippen molar-refractivity contribution in [2.75, 3.05) is 19.7 Å². The first-order chi connectivity index (χ1) is 12.7. The number of pyridine rings is 2. The van der Waals surface area contributed by atoms with Gasteiger partial charge >= 0.3 is 0 Å². The number of rotatable bonds is 4. The van der Waals surface area contributed by atoms with Crippen LogP contribution in [0.3, 0.4) is 0 Å². The Hall–Kier alpha value is -2.31. The second kappa shape index (κ2) is 7.51. The van der Waals surface area contributed by atoms with Gasteiger partial charge < -0.3 is 10.1 Å². The summed E-state index contributed by atoms with van der Waals surface area (Å²) in [5.74, 6) is -0.0523. The Morgan fingerprint density at radius 2 is 2.27 bits per heavy atom. The summed E-state index contributed by atoms with van der Waals surface area (Å²) in [6.07, 6.45) is 7.83. The molecule has 1 amide bonds. The Morgan fingerprint density at radius 3 is 3.08 bits per heavy atom. The van der Waals surface area contributed by atoms with Gasteiger partial charge in [0.1, 0.15) is 0 Å². The SMILES string of the molecule is O=C(N[C@H]1CCO[C@]2(CCN(Cc3ccccn3)C2)C1)c1cccnc1. The fraction of sp³-hybridized carbons (Fsp3) is 0.450. The van der Waals surface area contributed by atoms with Crippen LogP contribution < -0.4 is 5.32 Å². The van der Waals surface area contributed by atoms with Crippen LogP contribution in [0.25, 0.3) is 0 Å². The molecule has 6 heteroatoms. The molecule has 0 unspecified atom stereocenters. The third-order valence-electron chi connectivity index (χ3n) is 5.26. The van der Waals surface area contributed by atoms with E-state index in [2.05, 4.69) is 26.3 Å². The van der Waals surface area contributed by atoms with Crippen LogP contribution in [-0.2, 0) is 11.3 Å². The van der Waals surface area contributed by atoms with Gasteiger partial charge in [-0.05, 0) is 43.5 Å². The molecule has 2 atom stereocenters. The van der Waals surface area contributed by atoms with Gasteiger partial charge in [-0.3, -0.25) is 19.7 Å². The average Bonchev–Trinajstić information content (AvgIpc) is 3.05. The van der Waals surface area contributed by atoms with Gasteiger partial charge in [-0.25, -0.2) is 0 Å². The lowest BCUT2D eigenvalue weighted by molar-refractivity contribution is -0.0793. The van der Waals surface area contributed by atoms with Crippen molar-refractivity contribution in [2.24, 2.45) is 0 Å². The molecule has 1 spiro atoms. The predicted molar refractivity (Wildman–Crippen MR) is 97.5 cm³/mol. The van der Waals surface area contributed by atoms with Crippen molar-refractivity contribution in [1.82, 2.24) is 20.2 Å². The van der Waals surface area contributed by atoms with Crippen molar-refractivity contribution < 1.29 is 9.53 Å². The molecule has 2 aromatic rings. The van der Waals surface area contributed by atoms with E-state index in [9.17, 15) is 4.79 Å². The van der Waals surface area contributed by atoms with Crippen molar-refractivity contribution in [2.45, 2.75) is 37.5 Å². The lowest BCUT2D eigenvalue weighted by Gasteiger charge is -2.38. The number of nitrogens with zero attached hydrogens (tertiary/aromatic N) is 3. The number of carbonyl (C=O) groups is 1. The molecule has 2 aliphatic heterocycles. The van der Waals surface area contributed by atoms with E-state index in [0.717, 1.165) is 44.6 Å². The maximum Gasteiger partial charge on any atom is 0.253 e. The first-order valence-corrected chi connectivity index (χ1v) is 9.20. The van der Waals surface area contributed by atoms with E-state index in [1.807, 2.05) is 18.3 Å². The fourth-order valence-corrected chi connectivity index (χ4v) is 3.98. The van der Waals surface area contributed by atoms with E-state index in [0.29, 0.717) is 12.2 Å². The van der Waals surface area contributed by atoms with E-state index in [1.54, 1.807) is 24.5 Å². The molecule has 0 saturated carbocycles. The highest BCUT2D eigenvalue weighted by Gasteiger charge is 2.43. The quantitative estimate of drug-likeness (QED) is 0.912. The number of nitrogens with one attached hydrogen (secondary N) is 1. The van der Waals surface area contributed by atoms with Crippen molar-refractivity contribution in [3.63, 3.8) is 0 Å². The summed E-state index contributed by atoms with van der Waals surface area (Å²) >= 11 is 0. The first-order valence-electron chi connectivity index (χ1n) is 9.20. The van der Waals surface area contributed by atoms with E-state index >= 15 is 0 Å². The third kappa shape index (κ3) is 3.92. The summed E-state index contributed by atoms with van der Waals surface area (Å²) in [5, 5.41) is 3.16. The molecule has 2 aromatic heterocycles. The normalized spacial score (nSPS) is 26.1. The number of aromatic nitrogens is 2. The van der Waals surface area contributed by atoms with Crippen LogP contribution in [0.5, 0.6) is 0 Å². The minimum atomic E-state index is -0.153. The summed E-state index contributed by atoms with van der Waals surface area (Å²) in [6.45, 7) is 3.43. The number of carbonyl (C=O) groups excluding carboxylic acids is 1. The van der Waals surface area contributed by atoms with Crippen LogP contribution >= 0.6 is 0 Å². The Bertz CT molecular complexity index is 740. The average molecular weight is 352 g/mol. The van der Waals surface area contributed by atoms with Gasteiger partial charge in [0.15, 0.2) is 0 Å². The summed E-state index contributed by atoms with van der Waals surface area (Å²) in [7, 11) is 0. The van der Waals surface area contributed by atoms with E-state index in [4.69, 9.17) is 4.74 Å². The molecule has 0 bridgehead atoms. The van der Waals surface area contributed by atoms with Crippen LogP contribution in [0.1, 0.15) is 35.3 Å². The van der Waals surface area contributed by atoms with E-state index in [1.165, 1.54) is 0 Å². The molecule has 136 valence electrons. The Kier molecular flexibility index (Phi) is 4.95. The van der Waals surface area contributed by atoms with Gasteiger partial charge in [-0.1, -0.05) is 6.07 Å². The number of ether oxygens (including phenoxy) is 1. The van der Waals surface area contributed by atoms with Gasteiger partial charge in [-0.2, -0.15) is 0 Å². The first kappa shape index (κ1) is 17.1. The highest BCUT2D eigenvalue weighted by molar-refractivity contribution is 5.94. The lowest BCUT2D eigenvalue weighted by atomic mass is 9.89. The molecular weight excluding hydrogens is 328 g/mol. The fourth-order valence-electron chi connectivity index (χ4n) is 3.98. The standard InChI is InChI=1S/C20H24N4O2/c25-19(16-4-3-8-21-13-16)23-17-6-11-26-20(12-17)7-10-24(15-20)14-18-5-1-2-9-22-18/h1-5,8-9,13,17H,6-7,10-12,14-15H2,(H,23,25)/t17-,20+/m0/s1. The smallest absolute Gasteiger partial charge is 0.253 e. The van der Waals surface area contributed by atoms with Crippen LogP contribution in [0.15, 0.2) is 48.9 Å². The van der Waals surface area contributed by atoms with Crippen LogP contribution in [0.2, 0.25) is 0 Å². The highest BCUT2D eigenvalue weighted by atomic mass is 16.5. The molecule has 6 nitrogen and oxygen atoms in total. The van der Waals surface area contributed by atoms with E-state index in [-0.39, 0.29) is 17.6 Å². The van der Waals surface area contributed by atoms with Crippen molar-refractivity contribution >= 4 is 5.91 Å². The van der Waals surface area contributed by atoms with Gasteiger partial charge in [-0.15, -0.1) is 0 Å². The molecule has 0 aliphatic carbocycles. The molecule has 2 saturated heterocycles. The predicted octanol–water partition coefficient (Wildman–Crippen LogP) is 2.03. The van der Waals surface area contributed by atoms with Gasteiger partial charge in [0, 0.05) is 50.9 Å². The highest BCUT2D eigenvalue weighted by Crippen LogP contribution is 2.34. The molecule has 0 aromatic carbocycles. The summed E-state index contributed by atoms with van der Waals surface area (Å²) < 4.78 is 6.19. The minimum Gasteiger partial charge on any atom is -0.373 e. The largest absolute Gasteiger partial charge is 0.373 e. The molecule has 1 N–H and O–H groups in total. The maximum absolute atomic E-state index is 12.4. The van der Waals surface area contributed by atoms with Gasteiger partial charge in [0.25, 0.3) is 5.91 Å². The van der Waals surface area contributed by atoms with Crippen molar-refractivity contribution in [3.05, 3.63) is 60.2 Å². The summed E-state index contributed by atoms with van der Waals surface area (Å²) in [4.78, 5) is 23.2. The zero-order valence-corrected chi connectivity index (χ0v) is 14.8. The monoisotopic (exact) mass is 352 g/mol. The van der Waals surface area contributed by atoms with Crippen molar-refractivity contribution in [1.29, 1.82) is 0 Å². The molecular formula is C20H24N4O2. The molecule has 2 aliphatic rings. The van der Waals surface area contributed by atoms with Gasteiger partial charge in [0.05, 0.1) is 16.9 Å². The lowest BCUT2D eigenvalue weighted by Crippen LogP contribution is -2.49. The summed E-state index contributed by atoms with van der Waals surface area (Å²) in [5.41, 5.74) is 1.54. The molecule has 26 heavy (non-hydrogen) atoms. The second-order valence-corrected chi connectivity index (χ2v) is 7.22. The zero-order chi connectivity index (χ0) is 17.8. The zero-order valence-electron chi connectivity index (χ0n) is 14.8. The van der Waals surface area contributed by atoms with Crippen LogP contribution in [0.4, 0.5) is 0 Å². The summed E-state index contributed by atoms with van der Waals surface area (Å²) in [6, 6.07) is 9.74. The van der Waals surface area contributed by atoms with Crippen molar-refractivity contribution in [3.8, 4) is 0 Å². The number of amides is 1. The molecule has 0 radical (unpaired) electrons. The number of hydrogen-bond donors (Lipinski definition) is 1. The van der Waals surface area contributed by atoms with Gasteiger partial charge in [0.2, 0.25) is 0 Å². The topological polar surface area (TPSA) is 67.3 Å². The minimum absolute atomic E-state index is 0.0523. The third-order valence-corrected chi connectivity index (χ3v) is 5.26. The van der Waals surface area contributed by atoms with E-state index < -0.39 is 0 Å². The second-order valence-electron chi connectivity index (χ2n) is 7.22. The maximum atomic E-state index is 12.4. The number of likely N-dealkylation sites (tertiary alicyclic amines) is 1.